The van der Waals surface area contributed by atoms with Crippen LogP contribution < -0.4 is 10.6 Å². The first kappa shape index (κ1) is 23.2. The second-order valence-corrected chi connectivity index (χ2v) is 8.10. The van der Waals surface area contributed by atoms with Crippen molar-refractivity contribution in [2.45, 2.75) is 31.2 Å². The standard InChI is InChI=1S/C17H24N2O6S.ClH/c1-4-25-16(20)12-8-9-18-15(12)13-10-11(19-17(21)24-3)6-7-14(13)26(22,23)5-2;/h6-7,10,12,15,18H,4-5,8-9H2,1-3H3,(H,19,21);1H/t12-,15+;/m1./s1. The Kier molecular flexibility index (Phi) is 8.52. The first-order valence-electron chi connectivity index (χ1n) is 8.45. The zero-order valence-electron chi connectivity index (χ0n) is 15.5. The number of benzene rings is 1. The van der Waals surface area contributed by atoms with E-state index < -0.39 is 27.9 Å². The van der Waals surface area contributed by atoms with Gasteiger partial charge in [0.25, 0.3) is 0 Å². The van der Waals surface area contributed by atoms with Gasteiger partial charge in [-0.05, 0) is 43.7 Å². The van der Waals surface area contributed by atoms with Crippen LogP contribution in [0, 0.1) is 5.92 Å². The van der Waals surface area contributed by atoms with Crippen molar-refractivity contribution in [3.63, 3.8) is 0 Å². The number of rotatable bonds is 6. The molecule has 2 atom stereocenters. The molecule has 0 unspecified atom stereocenters. The summed E-state index contributed by atoms with van der Waals surface area (Å²) < 4.78 is 34.7. The lowest BCUT2D eigenvalue weighted by Gasteiger charge is -2.22. The smallest absolute Gasteiger partial charge is 0.411 e. The monoisotopic (exact) mass is 420 g/mol. The molecule has 1 amide bonds. The Labute approximate surface area is 165 Å². The molecule has 0 aliphatic carbocycles. The molecular formula is C17H25ClN2O6S. The van der Waals surface area contributed by atoms with Crippen LogP contribution in [0.2, 0.25) is 0 Å². The molecule has 2 rings (SSSR count). The molecule has 1 aliphatic heterocycles. The minimum Gasteiger partial charge on any atom is -0.466 e. The van der Waals surface area contributed by atoms with E-state index in [1.54, 1.807) is 19.9 Å². The van der Waals surface area contributed by atoms with Crippen LogP contribution in [0.3, 0.4) is 0 Å². The van der Waals surface area contributed by atoms with Crippen molar-refractivity contribution in [2.24, 2.45) is 5.92 Å². The summed E-state index contributed by atoms with van der Waals surface area (Å²) in [7, 11) is -2.28. The lowest BCUT2D eigenvalue weighted by atomic mass is 9.94. The predicted octanol–water partition coefficient (Wildman–Crippen LogP) is 2.29. The maximum Gasteiger partial charge on any atom is 0.411 e. The van der Waals surface area contributed by atoms with Gasteiger partial charge in [0.15, 0.2) is 9.84 Å². The van der Waals surface area contributed by atoms with E-state index in [1.807, 2.05) is 0 Å². The van der Waals surface area contributed by atoms with Gasteiger partial charge in [-0.1, -0.05) is 6.92 Å². The summed E-state index contributed by atoms with van der Waals surface area (Å²) in [6, 6.07) is 4.00. The molecule has 152 valence electrons. The van der Waals surface area contributed by atoms with Crippen molar-refractivity contribution >= 4 is 40.0 Å². The van der Waals surface area contributed by atoms with Gasteiger partial charge < -0.3 is 14.8 Å². The summed E-state index contributed by atoms with van der Waals surface area (Å²) in [6.45, 7) is 4.11. The van der Waals surface area contributed by atoms with E-state index in [0.29, 0.717) is 24.2 Å². The molecule has 0 radical (unpaired) electrons. The highest BCUT2D eigenvalue weighted by atomic mass is 35.5. The minimum absolute atomic E-state index is 0. The molecule has 2 N–H and O–H groups in total. The maximum absolute atomic E-state index is 12.5. The van der Waals surface area contributed by atoms with Gasteiger partial charge in [-0.2, -0.15) is 0 Å². The fraction of sp³-hybridized carbons (Fsp3) is 0.529. The molecule has 1 fully saturated rings. The van der Waals surface area contributed by atoms with E-state index >= 15 is 0 Å². The molecule has 8 nitrogen and oxygen atoms in total. The largest absolute Gasteiger partial charge is 0.466 e. The van der Waals surface area contributed by atoms with Crippen LogP contribution in [0.1, 0.15) is 31.9 Å². The Hall–Kier alpha value is -1.84. The van der Waals surface area contributed by atoms with E-state index in [0.717, 1.165) is 0 Å². The Morgan fingerprint density at radius 1 is 1.30 bits per heavy atom. The highest BCUT2D eigenvalue weighted by molar-refractivity contribution is 7.91. The van der Waals surface area contributed by atoms with E-state index in [9.17, 15) is 18.0 Å². The molecule has 0 saturated carbocycles. The highest BCUT2D eigenvalue weighted by Crippen LogP contribution is 2.36. The molecule has 10 heteroatoms. The molecule has 1 aromatic carbocycles. The zero-order valence-corrected chi connectivity index (χ0v) is 17.1. The molecule has 27 heavy (non-hydrogen) atoms. The number of esters is 1. The van der Waals surface area contributed by atoms with E-state index in [1.165, 1.54) is 19.2 Å². The third-order valence-corrected chi connectivity index (χ3v) is 6.11. The molecule has 1 saturated heterocycles. The van der Waals surface area contributed by atoms with Crippen LogP contribution in [0.25, 0.3) is 0 Å². The third-order valence-electron chi connectivity index (χ3n) is 4.30. The summed E-state index contributed by atoms with van der Waals surface area (Å²) in [5, 5.41) is 5.71. The van der Waals surface area contributed by atoms with Crippen LogP contribution in [0.15, 0.2) is 23.1 Å². The Balaban J connectivity index is 0.00000364. The number of halogens is 1. The number of carbonyl (C=O) groups is 2. The van der Waals surface area contributed by atoms with E-state index in [-0.39, 0.29) is 35.6 Å². The number of hydrogen-bond acceptors (Lipinski definition) is 7. The SMILES string of the molecule is CCOC(=O)[C@@H]1CCN[C@@H]1c1cc(NC(=O)OC)ccc1S(=O)(=O)CC.Cl. The summed E-state index contributed by atoms with van der Waals surface area (Å²) in [5.41, 5.74) is 0.828. The van der Waals surface area contributed by atoms with Gasteiger partial charge >= 0.3 is 12.1 Å². The lowest BCUT2D eigenvalue weighted by Crippen LogP contribution is -2.27. The normalized spacial score (nSPS) is 19.1. The zero-order chi connectivity index (χ0) is 19.3. The van der Waals surface area contributed by atoms with Gasteiger partial charge in [-0.25, -0.2) is 13.2 Å². The Bertz CT molecular complexity index is 784. The number of methoxy groups -OCH3 is 1. The van der Waals surface area contributed by atoms with Crippen molar-refractivity contribution in [1.29, 1.82) is 0 Å². The van der Waals surface area contributed by atoms with Gasteiger partial charge in [-0.3, -0.25) is 10.1 Å². The Morgan fingerprint density at radius 2 is 2.00 bits per heavy atom. The highest BCUT2D eigenvalue weighted by Gasteiger charge is 2.37. The Morgan fingerprint density at radius 3 is 2.59 bits per heavy atom. The predicted molar refractivity (Wildman–Crippen MR) is 103 cm³/mol. The molecule has 0 bridgehead atoms. The molecule has 0 spiro atoms. The molecule has 0 aromatic heterocycles. The van der Waals surface area contributed by atoms with Gasteiger partial charge in [0.2, 0.25) is 0 Å². The van der Waals surface area contributed by atoms with Crippen LogP contribution in [-0.2, 0) is 24.1 Å². The van der Waals surface area contributed by atoms with Gasteiger partial charge in [0.1, 0.15) is 0 Å². The number of sulfone groups is 1. The van der Waals surface area contributed by atoms with Crippen LogP contribution in [0.4, 0.5) is 10.5 Å². The first-order valence-corrected chi connectivity index (χ1v) is 10.1. The summed E-state index contributed by atoms with van der Waals surface area (Å²) in [5.74, 6) is -0.927. The number of nitrogens with one attached hydrogen (secondary N) is 2. The number of hydrogen-bond donors (Lipinski definition) is 2. The quantitative estimate of drug-likeness (QED) is 0.679. The van der Waals surface area contributed by atoms with Crippen molar-refractivity contribution in [1.82, 2.24) is 5.32 Å². The van der Waals surface area contributed by atoms with Crippen molar-refractivity contribution in [3.05, 3.63) is 23.8 Å². The van der Waals surface area contributed by atoms with Crippen molar-refractivity contribution in [3.8, 4) is 0 Å². The average molecular weight is 421 g/mol. The van der Waals surface area contributed by atoms with Gasteiger partial charge in [0, 0.05) is 11.7 Å². The fourth-order valence-electron chi connectivity index (χ4n) is 3.01. The molecular weight excluding hydrogens is 396 g/mol. The number of anilines is 1. The average Bonchev–Trinajstić information content (AvgIpc) is 3.11. The summed E-state index contributed by atoms with van der Waals surface area (Å²) in [6.07, 6.45) is -0.118. The summed E-state index contributed by atoms with van der Waals surface area (Å²) >= 11 is 0. The van der Waals surface area contributed by atoms with Crippen LogP contribution >= 0.6 is 12.4 Å². The fourth-order valence-corrected chi connectivity index (χ4v) is 4.14. The lowest BCUT2D eigenvalue weighted by molar-refractivity contribution is -0.148. The molecule has 1 aromatic rings. The van der Waals surface area contributed by atoms with Crippen LogP contribution in [0.5, 0.6) is 0 Å². The van der Waals surface area contributed by atoms with Crippen LogP contribution in [-0.4, -0.2) is 46.5 Å². The van der Waals surface area contributed by atoms with Gasteiger partial charge in [0.05, 0.1) is 30.3 Å². The third kappa shape index (κ3) is 5.33. The van der Waals surface area contributed by atoms with Crippen molar-refractivity contribution in [2.75, 3.05) is 31.3 Å². The van der Waals surface area contributed by atoms with Gasteiger partial charge in [-0.15, -0.1) is 12.4 Å². The van der Waals surface area contributed by atoms with E-state index in [2.05, 4.69) is 15.4 Å². The second-order valence-electron chi connectivity index (χ2n) is 5.85. The molecule has 1 heterocycles. The maximum atomic E-state index is 12.5. The first-order chi connectivity index (χ1) is 12.3. The topological polar surface area (TPSA) is 111 Å². The summed E-state index contributed by atoms with van der Waals surface area (Å²) in [4.78, 5) is 23.9. The number of carbonyl (C=O) groups excluding carboxylic acids is 2. The molecule has 1 aliphatic rings. The minimum atomic E-state index is -3.51. The van der Waals surface area contributed by atoms with Crippen molar-refractivity contribution < 1.29 is 27.5 Å². The number of ether oxygens (including phenoxy) is 2. The number of amides is 1. The van der Waals surface area contributed by atoms with E-state index in [4.69, 9.17) is 4.74 Å². The second kappa shape index (κ2) is 9.91.